The number of fused-ring (bicyclic) bond motifs is 1. The van der Waals surface area contributed by atoms with E-state index in [1.54, 1.807) is 12.4 Å². The molecule has 5 nitrogen and oxygen atoms in total. The van der Waals surface area contributed by atoms with Crippen molar-refractivity contribution in [2.45, 2.75) is 25.3 Å². The van der Waals surface area contributed by atoms with Gasteiger partial charge in [-0.3, -0.25) is 9.78 Å². The van der Waals surface area contributed by atoms with Crippen LogP contribution in [0.5, 0.6) is 0 Å². The third-order valence-corrected chi connectivity index (χ3v) is 5.79. The third kappa shape index (κ3) is 3.57. The maximum absolute atomic E-state index is 13.4. The monoisotopic (exact) mass is 417 g/mol. The first-order valence-corrected chi connectivity index (χ1v) is 10.4. The predicted octanol–water partition coefficient (Wildman–Crippen LogP) is 5.44. The van der Waals surface area contributed by atoms with Gasteiger partial charge in [0.15, 0.2) is 0 Å². The highest BCUT2D eigenvalue weighted by atomic mass is 35.5. The van der Waals surface area contributed by atoms with Crippen LogP contribution in [0.1, 0.15) is 46.6 Å². The molecule has 0 bridgehead atoms. The topological polar surface area (TPSA) is 59.2 Å². The van der Waals surface area contributed by atoms with Gasteiger partial charge in [-0.1, -0.05) is 48.0 Å². The summed E-state index contributed by atoms with van der Waals surface area (Å²) in [4.78, 5) is 24.1. The Labute approximate surface area is 179 Å². The van der Waals surface area contributed by atoms with E-state index < -0.39 is 0 Å². The van der Waals surface area contributed by atoms with Crippen LogP contribution in [-0.2, 0) is 6.42 Å². The number of amides is 1. The van der Waals surface area contributed by atoms with E-state index in [4.69, 9.17) is 16.0 Å². The molecule has 0 radical (unpaired) electrons. The number of hydrogen-bond donors (Lipinski definition) is 0. The van der Waals surface area contributed by atoms with Gasteiger partial charge in [-0.15, -0.1) is 0 Å². The van der Waals surface area contributed by atoms with E-state index in [1.165, 1.54) is 0 Å². The Balaban J connectivity index is 1.39. The lowest BCUT2D eigenvalue weighted by molar-refractivity contribution is 0.0711. The van der Waals surface area contributed by atoms with E-state index in [2.05, 4.69) is 9.97 Å². The molecule has 1 fully saturated rings. The zero-order valence-electron chi connectivity index (χ0n) is 16.3. The smallest absolute Gasteiger partial charge is 0.273 e. The number of benzene rings is 2. The SMILES string of the molecule is O=C(c1nccc2ccccc12)N1CCC[C@@H]1c1ncc(Cc2ccc(Cl)cc2)o1. The van der Waals surface area contributed by atoms with Crippen LogP contribution in [-0.4, -0.2) is 27.3 Å². The zero-order chi connectivity index (χ0) is 20.5. The molecular formula is C24H20ClN3O2. The molecule has 0 aliphatic carbocycles. The fourth-order valence-electron chi connectivity index (χ4n) is 4.05. The molecular weight excluding hydrogens is 398 g/mol. The molecule has 2 aromatic heterocycles. The highest BCUT2D eigenvalue weighted by Gasteiger charge is 2.35. The molecule has 1 aliphatic heterocycles. The summed E-state index contributed by atoms with van der Waals surface area (Å²) in [6.45, 7) is 0.670. The largest absolute Gasteiger partial charge is 0.443 e. The lowest BCUT2D eigenvalue weighted by Crippen LogP contribution is -2.31. The minimum absolute atomic E-state index is 0.0771. The van der Waals surface area contributed by atoms with E-state index in [0.717, 1.165) is 34.9 Å². The van der Waals surface area contributed by atoms with E-state index >= 15 is 0 Å². The summed E-state index contributed by atoms with van der Waals surface area (Å²) in [5.74, 6) is 1.28. The number of hydrogen-bond acceptors (Lipinski definition) is 4. The Hall–Kier alpha value is -3.18. The van der Waals surface area contributed by atoms with Gasteiger partial charge in [0, 0.05) is 29.6 Å². The molecule has 2 aromatic carbocycles. The number of rotatable bonds is 4. The molecule has 1 atom stereocenters. The summed E-state index contributed by atoms with van der Waals surface area (Å²) in [5.41, 5.74) is 1.58. The molecule has 0 N–H and O–H groups in total. The zero-order valence-corrected chi connectivity index (χ0v) is 17.0. The predicted molar refractivity (Wildman–Crippen MR) is 116 cm³/mol. The van der Waals surface area contributed by atoms with Crippen molar-refractivity contribution < 1.29 is 9.21 Å². The molecule has 5 rings (SSSR count). The number of halogens is 1. The van der Waals surface area contributed by atoms with Crippen LogP contribution in [0, 0.1) is 0 Å². The van der Waals surface area contributed by atoms with E-state index in [1.807, 2.05) is 59.5 Å². The summed E-state index contributed by atoms with van der Waals surface area (Å²) in [6, 6.07) is 17.3. The second-order valence-electron chi connectivity index (χ2n) is 7.51. The second-order valence-corrected chi connectivity index (χ2v) is 7.94. The molecule has 0 saturated carbocycles. The van der Waals surface area contributed by atoms with Crippen molar-refractivity contribution in [3.05, 3.63) is 94.9 Å². The fourth-order valence-corrected chi connectivity index (χ4v) is 4.18. The Morgan fingerprint density at radius 3 is 2.80 bits per heavy atom. The van der Waals surface area contributed by atoms with Gasteiger partial charge in [-0.25, -0.2) is 4.98 Å². The van der Waals surface area contributed by atoms with Crippen molar-refractivity contribution in [1.29, 1.82) is 0 Å². The molecule has 0 spiro atoms. The first-order valence-electron chi connectivity index (χ1n) is 10.0. The lowest BCUT2D eigenvalue weighted by atomic mass is 10.1. The van der Waals surface area contributed by atoms with Crippen molar-refractivity contribution in [2.24, 2.45) is 0 Å². The van der Waals surface area contributed by atoms with Gasteiger partial charge >= 0.3 is 0 Å². The number of likely N-dealkylation sites (tertiary alicyclic amines) is 1. The van der Waals surface area contributed by atoms with E-state index in [9.17, 15) is 4.79 Å². The first kappa shape index (κ1) is 18.8. The van der Waals surface area contributed by atoms with Gasteiger partial charge in [-0.05, 0) is 42.0 Å². The number of carbonyl (C=O) groups excluding carboxylic acids is 1. The van der Waals surface area contributed by atoms with Crippen LogP contribution in [0.25, 0.3) is 10.8 Å². The standard InChI is InChI=1S/C24H20ClN3O2/c25-18-9-7-16(8-10-18)14-19-15-27-23(30-19)21-6-3-13-28(21)24(29)22-20-5-2-1-4-17(20)11-12-26-22/h1-2,4-5,7-12,15,21H,3,6,13-14H2/t21-/m1/s1. The minimum atomic E-state index is -0.169. The highest BCUT2D eigenvalue weighted by Crippen LogP contribution is 2.34. The summed E-state index contributed by atoms with van der Waals surface area (Å²) < 4.78 is 6.05. The molecule has 1 saturated heterocycles. The highest BCUT2D eigenvalue weighted by molar-refractivity contribution is 6.30. The quantitative estimate of drug-likeness (QED) is 0.443. The van der Waals surface area contributed by atoms with Crippen LogP contribution in [0.3, 0.4) is 0 Å². The average molecular weight is 418 g/mol. The second kappa shape index (κ2) is 7.92. The van der Waals surface area contributed by atoms with Crippen LogP contribution < -0.4 is 0 Å². The van der Waals surface area contributed by atoms with Crippen molar-refractivity contribution in [2.75, 3.05) is 6.54 Å². The number of nitrogens with zero attached hydrogens (tertiary/aromatic N) is 3. The van der Waals surface area contributed by atoms with Crippen LogP contribution in [0.15, 0.2) is 71.4 Å². The van der Waals surface area contributed by atoms with Gasteiger partial charge in [-0.2, -0.15) is 0 Å². The van der Waals surface area contributed by atoms with Crippen molar-refractivity contribution >= 4 is 28.3 Å². The first-order chi connectivity index (χ1) is 14.7. The van der Waals surface area contributed by atoms with Gasteiger partial charge in [0.25, 0.3) is 5.91 Å². The van der Waals surface area contributed by atoms with Gasteiger partial charge in [0.1, 0.15) is 17.5 Å². The molecule has 4 aromatic rings. The summed E-state index contributed by atoms with van der Waals surface area (Å²) in [6.07, 6.45) is 5.82. The molecule has 0 unspecified atom stereocenters. The van der Waals surface area contributed by atoms with Gasteiger partial charge in [0.2, 0.25) is 5.89 Å². The average Bonchev–Trinajstić information content (AvgIpc) is 3.44. The lowest BCUT2D eigenvalue weighted by Gasteiger charge is -2.22. The summed E-state index contributed by atoms with van der Waals surface area (Å²) >= 11 is 5.96. The Morgan fingerprint density at radius 1 is 1.10 bits per heavy atom. The van der Waals surface area contributed by atoms with Crippen LogP contribution in [0.4, 0.5) is 0 Å². The summed E-state index contributed by atoms with van der Waals surface area (Å²) in [7, 11) is 0. The number of carbonyl (C=O) groups is 1. The van der Waals surface area contributed by atoms with E-state index in [-0.39, 0.29) is 11.9 Å². The van der Waals surface area contributed by atoms with Crippen LogP contribution in [0.2, 0.25) is 5.02 Å². The van der Waals surface area contributed by atoms with Crippen molar-refractivity contribution in [3.8, 4) is 0 Å². The normalized spacial score (nSPS) is 16.3. The Kier molecular flexibility index (Phi) is 4.97. The van der Waals surface area contributed by atoms with Crippen molar-refractivity contribution in [3.63, 3.8) is 0 Å². The maximum Gasteiger partial charge on any atom is 0.273 e. The molecule has 1 aliphatic rings. The number of pyridine rings is 1. The number of oxazole rings is 1. The molecule has 150 valence electrons. The Morgan fingerprint density at radius 2 is 1.93 bits per heavy atom. The summed E-state index contributed by atoms with van der Waals surface area (Å²) in [5, 5.41) is 2.58. The van der Waals surface area contributed by atoms with Crippen molar-refractivity contribution in [1.82, 2.24) is 14.9 Å². The third-order valence-electron chi connectivity index (χ3n) is 5.54. The Bertz CT molecular complexity index is 1200. The molecule has 1 amide bonds. The molecule has 6 heteroatoms. The van der Waals surface area contributed by atoms with E-state index in [0.29, 0.717) is 29.6 Å². The van der Waals surface area contributed by atoms with Gasteiger partial charge < -0.3 is 9.32 Å². The maximum atomic E-state index is 13.4. The minimum Gasteiger partial charge on any atom is -0.443 e. The fraction of sp³-hybridized carbons (Fsp3) is 0.208. The van der Waals surface area contributed by atoms with Crippen LogP contribution >= 0.6 is 11.6 Å². The molecule has 30 heavy (non-hydrogen) atoms. The van der Waals surface area contributed by atoms with Gasteiger partial charge in [0.05, 0.1) is 6.20 Å². The molecule has 3 heterocycles. The number of aromatic nitrogens is 2.